The zero-order valence-electron chi connectivity index (χ0n) is 13.5. The predicted octanol–water partition coefficient (Wildman–Crippen LogP) is 4.65. The number of ether oxygens (including phenoxy) is 1. The smallest absolute Gasteiger partial charge is 0.118 e. The number of aliphatic hydroxyl groups is 1. The van der Waals surface area contributed by atoms with Crippen molar-refractivity contribution in [2.24, 2.45) is 0 Å². The van der Waals surface area contributed by atoms with E-state index in [0.29, 0.717) is 6.42 Å². The molecule has 0 heterocycles. The summed E-state index contributed by atoms with van der Waals surface area (Å²) in [5.74, 6) is 0.804. The minimum atomic E-state index is -0.773. The SMILES string of the molecule is CC[C@](C)(O)[C@@H](/C=C/c1ccc(OC)cc1)c1ccccc1. The van der Waals surface area contributed by atoms with Crippen LogP contribution in [-0.4, -0.2) is 17.8 Å². The molecule has 116 valence electrons. The maximum atomic E-state index is 10.7. The Hall–Kier alpha value is -2.06. The number of rotatable bonds is 6. The lowest BCUT2D eigenvalue weighted by Gasteiger charge is -2.30. The Morgan fingerprint density at radius 3 is 2.27 bits per heavy atom. The fourth-order valence-corrected chi connectivity index (χ4v) is 2.48. The van der Waals surface area contributed by atoms with Gasteiger partial charge in [0.15, 0.2) is 0 Å². The van der Waals surface area contributed by atoms with Crippen molar-refractivity contribution in [3.05, 3.63) is 71.8 Å². The van der Waals surface area contributed by atoms with E-state index in [2.05, 4.69) is 24.3 Å². The van der Waals surface area contributed by atoms with Gasteiger partial charge in [0.05, 0.1) is 12.7 Å². The molecule has 2 rings (SSSR count). The van der Waals surface area contributed by atoms with Crippen LogP contribution in [0.2, 0.25) is 0 Å². The van der Waals surface area contributed by atoms with Crippen LogP contribution in [-0.2, 0) is 0 Å². The van der Waals surface area contributed by atoms with E-state index < -0.39 is 5.60 Å². The molecule has 0 fully saturated rings. The first-order chi connectivity index (χ1) is 10.6. The molecule has 0 amide bonds. The van der Waals surface area contributed by atoms with Gasteiger partial charge in [0, 0.05) is 5.92 Å². The van der Waals surface area contributed by atoms with Crippen molar-refractivity contribution in [1.82, 2.24) is 0 Å². The van der Waals surface area contributed by atoms with E-state index in [1.54, 1.807) is 7.11 Å². The minimum absolute atomic E-state index is 0.0409. The van der Waals surface area contributed by atoms with E-state index >= 15 is 0 Å². The Morgan fingerprint density at radius 1 is 1.09 bits per heavy atom. The molecule has 0 bridgehead atoms. The Labute approximate surface area is 133 Å². The summed E-state index contributed by atoms with van der Waals surface area (Å²) in [5.41, 5.74) is 1.44. The third-order valence-corrected chi connectivity index (χ3v) is 4.14. The summed E-state index contributed by atoms with van der Waals surface area (Å²) in [6.07, 6.45) is 4.83. The summed E-state index contributed by atoms with van der Waals surface area (Å²) in [6.45, 7) is 3.90. The number of hydrogen-bond acceptors (Lipinski definition) is 2. The summed E-state index contributed by atoms with van der Waals surface area (Å²) >= 11 is 0. The number of methoxy groups -OCH3 is 1. The highest BCUT2D eigenvalue weighted by Gasteiger charge is 2.29. The van der Waals surface area contributed by atoms with Gasteiger partial charge in [0.25, 0.3) is 0 Å². The molecule has 0 unspecified atom stereocenters. The average molecular weight is 296 g/mol. The van der Waals surface area contributed by atoms with Crippen LogP contribution in [0, 0.1) is 0 Å². The molecular formula is C20H24O2. The Kier molecular flexibility index (Phi) is 5.40. The highest BCUT2D eigenvalue weighted by molar-refractivity contribution is 5.52. The van der Waals surface area contributed by atoms with Gasteiger partial charge in [-0.3, -0.25) is 0 Å². The highest BCUT2D eigenvalue weighted by Crippen LogP contribution is 2.32. The van der Waals surface area contributed by atoms with Crippen molar-refractivity contribution in [2.45, 2.75) is 31.8 Å². The van der Waals surface area contributed by atoms with Crippen LogP contribution in [0.1, 0.15) is 37.3 Å². The van der Waals surface area contributed by atoms with Crippen molar-refractivity contribution >= 4 is 6.08 Å². The van der Waals surface area contributed by atoms with Gasteiger partial charge in [-0.2, -0.15) is 0 Å². The molecule has 2 aromatic carbocycles. The summed E-state index contributed by atoms with van der Waals surface area (Å²) in [6, 6.07) is 18.0. The van der Waals surface area contributed by atoms with Crippen LogP contribution >= 0.6 is 0 Å². The van der Waals surface area contributed by atoms with Crippen molar-refractivity contribution < 1.29 is 9.84 Å². The normalized spacial score (nSPS) is 15.5. The van der Waals surface area contributed by atoms with Gasteiger partial charge in [-0.25, -0.2) is 0 Å². The lowest BCUT2D eigenvalue weighted by Crippen LogP contribution is -2.30. The standard InChI is InChI=1S/C20H24O2/c1-4-20(2,21)19(17-8-6-5-7-9-17)15-12-16-10-13-18(22-3)14-11-16/h5-15,19,21H,4H2,1-3H3/b15-12+/t19-,20-/m0/s1. The van der Waals surface area contributed by atoms with Gasteiger partial charge in [0.1, 0.15) is 5.75 Å². The topological polar surface area (TPSA) is 29.5 Å². The molecule has 0 aromatic heterocycles. The van der Waals surface area contributed by atoms with Gasteiger partial charge in [-0.05, 0) is 36.6 Å². The molecule has 22 heavy (non-hydrogen) atoms. The van der Waals surface area contributed by atoms with E-state index in [-0.39, 0.29) is 5.92 Å². The second kappa shape index (κ2) is 7.28. The minimum Gasteiger partial charge on any atom is -0.497 e. The molecule has 0 aliphatic carbocycles. The molecule has 2 aromatic rings. The quantitative estimate of drug-likeness (QED) is 0.840. The van der Waals surface area contributed by atoms with Gasteiger partial charge in [0.2, 0.25) is 0 Å². The maximum absolute atomic E-state index is 10.7. The molecule has 2 atom stereocenters. The van der Waals surface area contributed by atoms with Gasteiger partial charge in [-0.1, -0.05) is 61.5 Å². The predicted molar refractivity (Wildman–Crippen MR) is 92.1 cm³/mol. The Balaban J connectivity index is 2.28. The fourth-order valence-electron chi connectivity index (χ4n) is 2.48. The van der Waals surface area contributed by atoms with Crippen LogP contribution in [0.3, 0.4) is 0 Å². The average Bonchev–Trinajstić information content (AvgIpc) is 2.56. The number of benzene rings is 2. The van der Waals surface area contributed by atoms with Crippen LogP contribution in [0.4, 0.5) is 0 Å². The van der Waals surface area contributed by atoms with E-state index in [1.165, 1.54) is 0 Å². The second-order valence-corrected chi connectivity index (χ2v) is 5.73. The summed E-state index contributed by atoms with van der Waals surface area (Å²) in [7, 11) is 1.66. The van der Waals surface area contributed by atoms with Crippen molar-refractivity contribution in [2.75, 3.05) is 7.11 Å². The van der Waals surface area contributed by atoms with Crippen LogP contribution < -0.4 is 4.74 Å². The summed E-state index contributed by atoms with van der Waals surface area (Å²) in [4.78, 5) is 0. The van der Waals surface area contributed by atoms with Crippen LogP contribution in [0.25, 0.3) is 6.08 Å². The number of hydrogen-bond donors (Lipinski definition) is 1. The van der Waals surface area contributed by atoms with Crippen molar-refractivity contribution in [3.63, 3.8) is 0 Å². The second-order valence-electron chi connectivity index (χ2n) is 5.73. The van der Waals surface area contributed by atoms with E-state index in [4.69, 9.17) is 4.74 Å². The molecule has 2 heteroatoms. The van der Waals surface area contributed by atoms with Crippen LogP contribution in [0.15, 0.2) is 60.7 Å². The molecule has 0 spiro atoms. The molecule has 0 radical (unpaired) electrons. The molecular weight excluding hydrogens is 272 g/mol. The van der Waals surface area contributed by atoms with Crippen molar-refractivity contribution in [3.8, 4) is 5.75 Å². The first kappa shape index (κ1) is 16.3. The van der Waals surface area contributed by atoms with Gasteiger partial charge < -0.3 is 9.84 Å². The first-order valence-corrected chi connectivity index (χ1v) is 7.66. The van der Waals surface area contributed by atoms with E-state index in [9.17, 15) is 5.11 Å². The highest BCUT2D eigenvalue weighted by atomic mass is 16.5. The Bertz CT molecular complexity index is 597. The Morgan fingerprint density at radius 2 is 1.73 bits per heavy atom. The zero-order valence-corrected chi connectivity index (χ0v) is 13.5. The lowest BCUT2D eigenvalue weighted by molar-refractivity contribution is 0.0414. The monoisotopic (exact) mass is 296 g/mol. The molecule has 0 aliphatic rings. The van der Waals surface area contributed by atoms with Crippen LogP contribution in [0.5, 0.6) is 5.75 Å². The summed E-state index contributed by atoms with van der Waals surface area (Å²) < 4.78 is 5.17. The van der Waals surface area contributed by atoms with Crippen molar-refractivity contribution in [1.29, 1.82) is 0 Å². The third-order valence-electron chi connectivity index (χ3n) is 4.14. The zero-order chi connectivity index (χ0) is 16.0. The lowest BCUT2D eigenvalue weighted by atomic mass is 9.81. The molecule has 0 aliphatic heterocycles. The maximum Gasteiger partial charge on any atom is 0.118 e. The molecule has 2 nitrogen and oxygen atoms in total. The van der Waals surface area contributed by atoms with E-state index in [1.807, 2.05) is 56.3 Å². The van der Waals surface area contributed by atoms with E-state index in [0.717, 1.165) is 16.9 Å². The molecule has 0 saturated heterocycles. The third kappa shape index (κ3) is 3.99. The van der Waals surface area contributed by atoms with Gasteiger partial charge in [-0.15, -0.1) is 0 Å². The molecule has 1 N–H and O–H groups in total. The largest absolute Gasteiger partial charge is 0.497 e. The molecule has 0 saturated carbocycles. The van der Waals surface area contributed by atoms with Gasteiger partial charge >= 0.3 is 0 Å². The fraction of sp³-hybridized carbons (Fsp3) is 0.300. The summed E-state index contributed by atoms with van der Waals surface area (Å²) in [5, 5.41) is 10.7. The first-order valence-electron chi connectivity index (χ1n) is 7.66.